The quantitative estimate of drug-likeness (QED) is 0.376. The van der Waals surface area contributed by atoms with Gasteiger partial charge in [0.05, 0.1) is 21.3 Å². The van der Waals surface area contributed by atoms with Gasteiger partial charge in [0, 0.05) is 18.7 Å². The second kappa shape index (κ2) is 13.0. The van der Waals surface area contributed by atoms with E-state index >= 15 is 0 Å². The molecule has 0 aliphatic heterocycles. The van der Waals surface area contributed by atoms with Crippen LogP contribution < -0.4 is 18.9 Å². The Morgan fingerprint density at radius 3 is 2.03 bits per heavy atom. The third-order valence-corrected chi connectivity index (χ3v) is 5.59. The molecule has 0 atom stereocenters. The van der Waals surface area contributed by atoms with Crippen LogP contribution in [0, 0.1) is 0 Å². The number of carbonyl (C=O) groups excluding carboxylic acids is 1. The molecule has 0 unspecified atom stereocenters. The maximum absolute atomic E-state index is 13.7. The third-order valence-electron chi connectivity index (χ3n) is 5.59. The first-order valence-electron chi connectivity index (χ1n) is 11.5. The van der Waals surface area contributed by atoms with Crippen LogP contribution in [-0.4, -0.2) is 56.4 Å². The second-order valence-corrected chi connectivity index (χ2v) is 8.06. The van der Waals surface area contributed by atoms with Gasteiger partial charge in [-0.3, -0.25) is 4.79 Å². The Labute approximate surface area is 211 Å². The molecule has 0 heterocycles. The molecule has 1 N–H and O–H groups in total. The summed E-state index contributed by atoms with van der Waals surface area (Å²) in [4.78, 5) is 26.2. The molecule has 0 aromatic heterocycles. The van der Waals surface area contributed by atoms with E-state index in [9.17, 15) is 9.59 Å². The summed E-state index contributed by atoms with van der Waals surface area (Å²) in [7, 11) is 4.54. The first-order chi connectivity index (χ1) is 17.4. The van der Waals surface area contributed by atoms with Crippen molar-refractivity contribution in [2.24, 2.45) is 0 Å². The molecule has 0 radical (unpaired) electrons. The molecule has 8 heteroatoms. The van der Waals surface area contributed by atoms with Crippen LogP contribution in [0.25, 0.3) is 0 Å². The van der Waals surface area contributed by atoms with Crippen LogP contribution in [0.1, 0.15) is 27.9 Å². The van der Waals surface area contributed by atoms with Crippen LogP contribution in [0.3, 0.4) is 0 Å². The molecule has 0 spiro atoms. The number of hydrogen-bond donors (Lipinski definition) is 1. The maximum atomic E-state index is 13.7. The number of aryl methyl sites for hydroxylation is 1. The van der Waals surface area contributed by atoms with Crippen molar-refractivity contribution < 1.29 is 33.6 Å². The predicted molar refractivity (Wildman–Crippen MR) is 135 cm³/mol. The number of carboxylic acid groups (broad SMARTS) is 1. The molecule has 1 amide bonds. The summed E-state index contributed by atoms with van der Waals surface area (Å²) in [6, 6.07) is 20.5. The van der Waals surface area contributed by atoms with Crippen molar-refractivity contribution in [1.29, 1.82) is 0 Å². The molecule has 3 aromatic rings. The number of carboxylic acids is 1. The normalized spacial score (nSPS) is 10.4. The minimum Gasteiger partial charge on any atom is -0.493 e. The van der Waals surface area contributed by atoms with E-state index in [-0.39, 0.29) is 5.91 Å². The molecular weight excluding hydrogens is 462 g/mol. The zero-order valence-electron chi connectivity index (χ0n) is 20.7. The molecule has 0 saturated carbocycles. The molecule has 3 aromatic carbocycles. The van der Waals surface area contributed by atoms with E-state index in [2.05, 4.69) is 12.1 Å². The number of hydrogen-bond acceptors (Lipinski definition) is 6. The third kappa shape index (κ3) is 7.15. The van der Waals surface area contributed by atoms with Gasteiger partial charge in [0.1, 0.15) is 5.75 Å². The van der Waals surface area contributed by atoms with Crippen LogP contribution in [0.15, 0.2) is 66.7 Å². The zero-order valence-corrected chi connectivity index (χ0v) is 20.7. The number of methoxy groups -OCH3 is 3. The van der Waals surface area contributed by atoms with Crippen molar-refractivity contribution >= 4 is 11.9 Å². The molecular formula is C28H31NO7. The standard InChI is InChI=1S/C28H31NO7/c1-33-24-16-22(17-25(34-2)27(24)35-3)28(32)29(15-7-10-20-8-5-4-6-9-20)18-21-11-13-23(14-12-21)36-19-26(30)31/h4-6,8-9,11-14,16-17H,7,10,15,18-19H2,1-3H3,(H,30,31). The van der Waals surface area contributed by atoms with Gasteiger partial charge in [-0.05, 0) is 48.2 Å². The zero-order chi connectivity index (χ0) is 25.9. The van der Waals surface area contributed by atoms with E-state index in [1.807, 2.05) is 30.3 Å². The highest BCUT2D eigenvalue weighted by molar-refractivity contribution is 5.95. The Hall–Kier alpha value is -4.20. The summed E-state index contributed by atoms with van der Waals surface area (Å²) in [5.41, 5.74) is 2.52. The van der Waals surface area contributed by atoms with Crippen LogP contribution in [0.2, 0.25) is 0 Å². The van der Waals surface area contributed by atoms with E-state index in [1.165, 1.54) is 26.9 Å². The largest absolute Gasteiger partial charge is 0.493 e. The molecule has 190 valence electrons. The highest BCUT2D eigenvalue weighted by Gasteiger charge is 2.21. The van der Waals surface area contributed by atoms with Crippen molar-refractivity contribution in [3.63, 3.8) is 0 Å². The smallest absolute Gasteiger partial charge is 0.341 e. The fourth-order valence-electron chi connectivity index (χ4n) is 3.81. The summed E-state index contributed by atoms with van der Waals surface area (Å²) in [6.45, 7) is 0.482. The minimum atomic E-state index is -1.04. The first kappa shape index (κ1) is 26.4. The van der Waals surface area contributed by atoms with Gasteiger partial charge in [-0.1, -0.05) is 42.5 Å². The average molecular weight is 494 g/mol. The lowest BCUT2D eigenvalue weighted by molar-refractivity contribution is -0.139. The minimum absolute atomic E-state index is 0.173. The summed E-state index contributed by atoms with van der Waals surface area (Å²) in [5, 5.41) is 8.80. The molecule has 0 bridgehead atoms. The van der Waals surface area contributed by atoms with Crippen molar-refractivity contribution in [1.82, 2.24) is 4.90 Å². The van der Waals surface area contributed by atoms with Crippen LogP contribution in [-0.2, 0) is 17.8 Å². The number of nitrogens with zero attached hydrogens (tertiary/aromatic N) is 1. The summed E-state index contributed by atoms with van der Waals surface area (Å²) in [5.74, 6) is 0.471. The van der Waals surface area contributed by atoms with Gasteiger partial charge in [0.15, 0.2) is 18.1 Å². The van der Waals surface area contributed by atoms with Gasteiger partial charge in [0.2, 0.25) is 5.75 Å². The molecule has 0 fully saturated rings. The van der Waals surface area contributed by atoms with Crippen molar-refractivity contribution in [3.05, 3.63) is 83.4 Å². The highest BCUT2D eigenvalue weighted by Crippen LogP contribution is 2.38. The number of amides is 1. The van der Waals surface area contributed by atoms with Gasteiger partial charge < -0.3 is 29.0 Å². The first-order valence-corrected chi connectivity index (χ1v) is 11.5. The van der Waals surface area contributed by atoms with Gasteiger partial charge in [0.25, 0.3) is 5.91 Å². The Morgan fingerprint density at radius 1 is 0.833 bits per heavy atom. The SMILES string of the molecule is COc1cc(C(=O)N(CCCc2ccccc2)Cc2ccc(OCC(=O)O)cc2)cc(OC)c1OC. The van der Waals surface area contributed by atoms with Gasteiger partial charge in [-0.2, -0.15) is 0 Å². The van der Waals surface area contributed by atoms with E-state index in [1.54, 1.807) is 29.2 Å². The van der Waals surface area contributed by atoms with E-state index in [0.717, 1.165) is 18.4 Å². The Morgan fingerprint density at radius 2 is 1.47 bits per heavy atom. The summed E-state index contributed by atoms with van der Waals surface area (Å²) in [6.07, 6.45) is 1.61. The van der Waals surface area contributed by atoms with Crippen molar-refractivity contribution in [2.45, 2.75) is 19.4 Å². The lowest BCUT2D eigenvalue weighted by Gasteiger charge is -2.24. The lowest BCUT2D eigenvalue weighted by atomic mass is 10.1. The fourth-order valence-corrected chi connectivity index (χ4v) is 3.81. The predicted octanol–water partition coefficient (Wildman–Crippen LogP) is 4.45. The highest BCUT2D eigenvalue weighted by atomic mass is 16.5. The fraction of sp³-hybridized carbons (Fsp3) is 0.286. The number of rotatable bonds is 13. The molecule has 36 heavy (non-hydrogen) atoms. The van der Waals surface area contributed by atoms with Crippen LogP contribution >= 0.6 is 0 Å². The molecule has 3 rings (SSSR count). The number of carbonyl (C=O) groups is 2. The Kier molecular flexibility index (Phi) is 9.56. The monoisotopic (exact) mass is 493 g/mol. The number of aliphatic carboxylic acids is 1. The maximum Gasteiger partial charge on any atom is 0.341 e. The Bertz CT molecular complexity index is 1120. The number of ether oxygens (including phenoxy) is 4. The summed E-state index contributed by atoms with van der Waals surface area (Å²) < 4.78 is 21.5. The molecule has 0 saturated heterocycles. The van der Waals surface area contributed by atoms with E-state index in [4.69, 9.17) is 24.1 Å². The van der Waals surface area contributed by atoms with Crippen LogP contribution in [0.4, 0.5) is 0 Å². The van der Waals surface area contributed by atoms with Crippen molar-refractivity contribution in [2.75, 3.05) is 34.5 Å². The summed E-state index contributed by atoms with van der Waals surface area (Å²) >= 11 is 0. The number of benzene rings is 3. The molecule has 8 nitrogen and oxygen atoms in total. The molecule has 0 aliphatic carbocycles. The topological polar surface area (TPSA) is 94.5 Å². The lowest BCUT2D eigenvalue weighted by Crippen LogP contribution is -2.32. The van der Waals surface area contributed by atoms with Gasteiger partial charge >= 0.3 is 5.97 Å². The average Bonchev–Trinajstić information content (AvgIpc) is 2.91. The molecule has 0 aliphatic rings. The van der Waals surface area contributed by atoms with Crippen LogP contribution in [0.5, 0.6) is 23.0 Å². The van der Waals surface area contributed by atoms with Gasteiger partial charge in [-0.15, -0.1) is 0 Å². The van der Waals surface area contributed by atoms with E-state index in [0.29, 0.717) is 41.7 Å². The van der Waals surface area contributed by atoms with E-state index < -0.39 is 12.6 Å². The Balaban J connectivity index is 1.82. The van der Waals surface area contributed by atoms with Crippen molar-refractivity contribution in [3.8, 4) is 23.0 Å². The second-order valence-electron chi connectivity index (χ2n) is 8.06. The van der Waals surface area contributed by atoms with Gasteiger partial charge in [-0.25, -0.2) is 4.79 Å².